The summed E-state index contributed by atoms with van der Waals surface area (Å²) in [6.07, 6.45) is 3.64. The number of ether oxygens (including phenoxy) is 1. The number of amides is 1. The third kappa shape index (κ3) is 2.37. The summed E-state index contributed by atoms with van der Waals surface area (Å²) in [6.45, 7) is 2.17. The van der Waals surface area contributed by atoms with Gasteiger partial charge in [-0.1, -0.05) is 42.5 Å². The summed E-state index contributed by atoms with van der Waals surface area (Å²) < 4.78 is 5.22. The second kappa shape index (κ2) is 6.26. The van der Waals surface area contributed by atoms with Crippen molar-refractivity contribution in [2.45, 2.75) is 26.2 Å². The van der Waals surface area contributed by atoms with Crippen molar-refractivity contribution < 1.29 is 9.53 Å². The van der Waals surface area contributed by atoms with Crippen LogP contribution in [0, 0.1) is 30.6 Å². The quantitative estimate of drug-likeness (QED) is 0.708. The van der Waals surface area contributed by atoms with Crippen LogP contribution < -0.4 is 4.90 Å². The molecule has 1 amide bonds. The van der Waals surface area contributed by atoms with Crippen LogP contribution in [-0.2, 0) is 4.74 Å². The molecule has 3 heteroatoms. The minimum absolute atomic E-state index is 0.288. The van der Waals surface area contributed by atoms with Gasteiger partial charge in [0.05, 0.1) is 12.8 Å². The van der Waals surface area contributed by atoms with Crippen LogP contribution in [0.25, 0.3) is 5.57 Å². The third-order valence-corrected chi connectivity index (χ3v) is 6.89. The van der Waals surface area contributed by atoms with Crippen molar-refractivity contribution in [2.24, 2.45) is 23.7 Å². The van der Waals surface area contributed by atoms with Gasteiger partial charge in [0.1, 0.15) is 0 Å². The molecular formula is C24H25NO2. The SMILES string of the molecule is COC(=O)N(C1=C(c2ccccc2C)[C@H]2[C@@H]3CC[C@@H](C3)[C@@H]12)c1ccccc1. The molecule has 5 rings (SSSR count). The largest absolute Gasteiger partial charge is 0.452 e. The van der Waals surface area contributed by atoms with Gasteiger partial charge in [-0.15, -0.1) is 0 Å². The summed E-state index contributed by atoms with van der Waals surface area (Å²) >= 11 is 0. The Bertz CT molecular complexity index is 917. The normalized spacial score (nSPS) is 27.9. The smallest absolute Gasteiger partial charge is 0.418 e. The number of hydrogen-bond donors (Lipinski definition) is 0. The molecule has 27 heavy (non-hydrogen) atoms. The molecule has 0 saturated heterocycles. The Morgan fingerprint density at radius 2 is 1.63 bits per heavy atom. The van der Waals surface area contributed by atoms with Crippen LogP contribution >= 0.6 is 0 Å². The average molecular weight is 359 g/mol. The van der Waals surface area contributed by atoms with Crippen LogP contribution in [0.2, 0.25) is 0 Å². The van der Waals surface area contributed by atoms with E-state index in [1.807, 2.05) is 35.2 Å². The van der Waals surface area contributed by atoms with E-state index in [4.69, 9.17) is 4.74 Å². The number of hydrogen-bond acceptors (Lipinski definition) is 2. The van der Waals surface area contributed by atoms with Crippen LogP contribution in [0.4, 0.5) is 10.5 Å². The van der Waals surface area contributed by atoms with E-state index in [0.717, 1.165) is 11.6 Å². The molecule has 2 saturated carbocycles. The van der Waals surface area contributed by atoms with Gasteiger partial charge in [0.15, 0.2) is 0 Å². The van der Waals surface area contributed by atoms with E-state index in [1.165, 1.54) is 48.8 Å². The van der Waals surface area contributed by atoms with Gasteiger partial charge in [0.2, 0.25) is 0 Å². The zero-order valence-electron chi connectivity index (χ0n) is 15.9. The maximum absolute atomic E-state index is 12.9. The van der Waals surface area contributed by atoms with Gasteiger partial charge < -0.3 is 4.74 Å². The number of nitrogens with zero attached hydrogens (tertiary/aromatic N) is 1. The Hall–Kier alpha value is -2.55. The lowest BCUT2D eigenvalue weighted by Gasteiger charge is -2.48. The molecule has 138 valence electrons. The number of carbonyl (C=O) groups is 1. The fourth-order valence-corrected chi connectivity index (χ4v) is 5.83. The van der Waals surface area contributed by atoms with Gasteiger partial charge in [-0.25, -0.2) is 9.69 Å². The fraction of sp³-hybridized carbons (Fsp3) is 0.375. The number of para-hydroxylation sites is 1. The molecule has 0 aliphatic heterocycles. The zero-order valence-corrected chi connectivity index (χ0v) is 15.9. The first-order chi connectivity index (χ1) is 13.2. The van der Waals surface area contributed by atoms with Gasteiger partial charge >= 0.3 is 6.09 Å². The predicted molar refractivity (Wildman–Crippen MR) is 107 cm³/mol. The Labute approximate surface area is 160 Å². The highest BCUT2D eigenvalue weighted by atomic mass is 16.5. The maximum atomic E-state index is 12.9. The number of allylic oxidation sites excluding steroid dienone is 2. The number of methoxy groups -OCH3 is 1. The van der Waals surface area contributed by atoms with Crippen molar-refractivity contribution in [3.63, 3.8) is 0 Å². The van der Waals surface area contributed by atoms with Crippen molar-refractivity contribution in [3.05, 3.63) is 71.4 Å². The first-order valence-electron chi connectivity index (χ1n) is 9.94. The van der Waals surface area contributed by atoms with Gasteiger partial charge in [0, 0.05) is 11.6 Å². The van der Waals surface area contributed by atoms with Crippen molar-refractivity contribution in [1.29, 1.82) is 0 Å². The van der Waals surface area contributed by atoms with Crippen LogP contribution in [-0.4, -0.2) is 13.2 Å². The van der Waals surface area contributed by atoms with Crippen molar-refractivity contribution in [1.82, 2.24) is 0 Å². The summed E-state index contributed by atoms with van der Waals surface area (Å²) in [6, 6.07) is 18.5. The molecule has 3 aliphatic rings. The van der Waals surface area contributed by atoms with E-state index in [2.05, 4.69) is 31.2 Å². The lowest BCUT2D eigenvalue weighted by Crippen LogP contribution is -2.45. The molecule has 0 N–H and O–H groups in total. The second-order valence-electron chi connectivity index (χ2n) is 8.14. The molecule has 2 fully saturated rings. The molecule has 0 unspecified atom stereocenters. The van der Waals surface area contributed by atoms with E-state index >= 15 is 0 Å². The van der Waals surface area contributed by atoms with Gasteiger partial charge in [-0.3, -0.25) is 0 Å². The highest BCUT2D eigenvalue weighted by Crippen LogP contribution is 2.67. The van der Waals surface area contributed by atoms with Crippen molar-refractivity contribution in [2.75, 3.05) is 12.0 Å². The Morgan fingerprint density at radius 1 is 0.963 bits per heavy atom. The van der Waals surface area contributed by atoms with E-state index in [9.17, 15) is 4.79 Å². The molecule has 3 aliphatic carbocycles. The van der Waals surface area contributed by atoms with Crippen molar-refractivity contribution >= 4 is 17.4 Å². The minimum Gasteiger partial charge on any atom is -0.452 e. The predicted octanol–water partition coefficient (Wildman–Crippen LogP) is 5.66. The first kappa shape index (κ1) is 16.6. The molecule has 2 bridgehead atoms. The van der Waals surface area contributed by atoms with E-state index in [0.29, 0.717) is 17.8 Å². The topological polar surface area (TPSA) is 29.5 Å². The lowest BCUT2D eigenvalue weighted by atomic mass is 9.61. The third-order valence-electron chi connectivity index (χ3n) is 6.89. The molecule has 0 radical (unpaired) electrons. The summed E-state index contributed by atoms with van der Waals surface area (Å²) in [5.74, 6) is 2.56. The first-order valence-corrected chi connectivity index (χ1v) is 9.94. The monoisotopic (exact) mass is 359 g/mol. The number of anilines is 1. The van der Waals surface area contributed by atoms with Crippen LogP contribution in [0.3, 0.4) is 0 Å². The molecule has 0 heterocycles. The van der Waals surface area contributed by atoms with Gasteiger partial charge in [-0.2, -0.15) is 0 Å². The maximum Gasteiger partial charge on any atom is 0.418 e. The molecular weight excluding hydrogens is 334 g/mol. The minimum atomic E-state index is -0.288. The summed E-state index contributed by atoms with van der Waals surface area (Å²) in [5, 5.41) is 0. The second-order valence-corrected chi connectivity index (χ2v) is 8.14. The molecule has 0 spiro atoms. The Kier molecular flexibility index (Phi) is 3.85. The van der Waals surface area contributed by atoms with Crippen LogP contribution in [0.5, 0.6) is 0 Å². The van der Waals surface area contributed by atoms with E-state index < -0.39 is 0 Å². The summed E-state index contributed by atoms with van der Waals surface area (Å²) in [4.78, 5) is 14.7. The number of benzene rings is 2. The zero-order chi connectivity index (χ0) is 18.5. The number of fused-ring (bicyclic) bond motifs is 5. The van der Waals surface area contributed by atoms with Crippen LogP contribution in [0.15, 0.2) is 60.3 Å². The highest BCUT2D eigenvalue weighted by molar-refractivity contribution is 5.97. The molecule has 3 nitrogen and oxygen atoms in total. The summed E-state index contributed by atoms with van der Waals surface area (Å²) in [7, 11) is 1.48. The van der Waals surface area contributed by atoms with Crippen molar-refractivity contribution in [3.8, 4) is 0 Å². The molecule has 2 aromatic rings. The van der Waals surface area contributed by atoms with Crippen LogP contribution in [0.1, 0.15) is 30.4 Å². The van der Waals surface area contributed by atoms with Gasteiger partial charge in [-0.05, 0) is 72.8 Å². The summed E-state index contributed by atoms with van der Waals surface area (Å²) in [5.41, 5.74) is 6.03. The van der Waals surface area contributed by atoms with E-state index in [-0.39, 0.29) is 6.09 Å². The molecule has 4 atom stereocenters. The van der Waals surface area contributed by atoms with Gasteiger partial charge in [0.25, 0.3) is 0 Å². The number of rotatable bonds is 3. The Morgan fingerprint density at radius 3 is 2.33 bits per heavy atom. The number of aryl methyl sites for hydroxylation is 1. The average Bonchev–Trinajstić information content (AvgIpc) is 3.26. The fourth-order valence-electron chi connectivity index (χ4n) is 5.83. The molecule has 2 aromatic carbocycles. The standard InChI is InChI=1S/C24H25NO2/c1-15-8-6-7-11-19(15)22-20-16-12-13-17(14-16)21(20)23(22)25(24(26)27-2)18-9-4-3-5-10-18/h3-11,16-17,20-21H,12-14H2,1-2H3/t16-,17+,20+,21-/m1/s1. The highest BCUT2D eigenvalue weighted by Gasteiger charge is 2.59. The van der Waals surface area contributed by atoms with E-state index in [1.54, 1.807) is 0 Å². The lowest BCUT2D eigenvalue weighted by molar-refractivity contribution is 0.176. The number of carbonyl (C=O) groups excluding carboxylic acids is 1. The Balaban J connectivity index is 1.71. The molecule has 0 aromatic heterocycles.